The van der Waals surface area contributed by atoms with Crippen molar-refractivity contribution in [3.8, 4) is 11.6 Å². The van der Waals surface area contributed by atoms with Gasteiger partial charge in [-0.3, -0.25) is 9.48 Å². The molecule has 0 atom stereocenters. The Balaban J connectivity index is 1.56. The average Bonchev–Trinajstić information content (AvgIpc) is 3.20. The standard InChI is InChI=1S/C18H20ClN5O2/c1-12-10-15(24(3)22-12)18-21-20-16(26-18)8-9-17(25)23(2)11-13-4-6-14(19)7-5-13/h4-7,10H,8-9,11H2,1-3H3. The summed E-state index contributed by atoms with van der Waals surface area (Å²) in [5, 5.41) is 13.0. The Kier molecular flexibility index (Phi) is 5.37. The van der Waals surface area contributed by atoms with Crippen LogP contribution in [0.15, 0.2) is 34.7 Å². The molecular weight excluding hydrogens is 354 g/mol. The van der Waals surface area contributed by atoms with Gasteiger partial charge in [0.05, 0.1) is 5.69 Å². The maximum atomic E-state index is 12.3. The van der Waals surface area contributed by atoms with Crippen LogP contribution in [0.5, 0.6) is 0 Å². The summed E-state index contributed by atoms with van der Waals surface area (Å²) in [6.07, 6.45) is 0.698. The van der Waals surface area contributed by atoms with E-state index >= 15 is 0 Å². The van der Waals surface area contributed by atoms with E-state index in [0.29, 0.717) is 36.2 Å². The predicted octanol–water partition coefficient (Wildman–Crippen LogP) is 3.02. The average molecular weight is 374 g/mol. The van der Waals surface area contributed by atoms with Crippen molar-refractivity contribution in [2.75, 3.05) is 7.05 Å². The van der Waals surface area contributed by atoms with Gasteiger partial charge in [-0.1, -0.05) is 23.7 Å². The lowest BCUT2D eigenvalue weighted by molar-refractivity contribution is -0.130. The quantitative estimate of drug-likeness (QED) is 0.663. The molecule has 8 heteroatoms. The molecule has 0 aliphatic rings. The largest absolute Gasteiger partial charge is 0.419 e. The molecule has 3 rings (SSSR count). The first kappa shape index (κ1) is 18.1. The van der Waals surface area contributed by atoms with Crippen LogP contribution in [0.1, 0.15) is 23.6 Å². The Labute approximate surface area is 156 Å². The Morgan fingerprint density at radius 1 is 1.27 bits per heavy atom. The van der Waals surface area contributed by atoms with Gasteiger partial charge in [0, 0.05) is 38.5 Å². The molecule has 136 valence electrons. The number of hydrogen-bond acceptors (Lipinski definition) is 5. The second kappa shape index (κ2) is 7.70. The van der Waals surface area contributed by atoms with Crippen molar-refractivity contribution in [1.29, 1.82) is 0 Å². The summed E-state index contributed by atoms with van der Waals surface area (Å²) < 4.78 is 7.35. The number of hydrogen-bond donors (Lipinski definition) is 0. The van der Waals surface area contributed by atoms with Crippen LogP contribution in [0.2, 0.25) is 5.02 Å². The topological polar surface area (TPSA) is 77.0 Å². The van der Waals surface area contributed by atoms with Gasteiger partial charge in [0.15, 0.2) is 0 Å². The molecule has 0 saturated heterocycles. The smallest absolute Gasteiger partial charge is 0.265 e. The zero-order valence-electron chi connectivity index (χ0n) is 14.9. The molecule has 0 N–H and O–H groups in total. The second-order valence-electron chi connectivity index (χ2n) is 6.17. The van der Waals surface area contributed by atoms with Crippen molar-refractivity contribution in [3.05, 3.63) is 52.5 Å². The summed E-state index contributed by atoms with van der Waals surface area (Å²) >= 11 is 5.88. The number of benzene rings is 1. The van der Waals surface area contributed by atoms with E-state index in [-0.39, 0.29) is 5.91 Å². The molecule has 0 unspecified atom stereocenters. The molecule has 0 aliphatic carbocycles. The van der Waals surface area contributed by atoms with Gasteiger partial charge in [0.1, 0.15) is 5.69 Å². The normalized spacial score (nSPS) is 10.9. The number of carbonyl (C=O) groups is 1. The summed E-state index contributed by atoms with van der Waals surface area (Å²) in [5.41, 5.74) is 2.66. The van der Waals surface area contributed by atoms with Gasteiger partial charge >= 0.3 is 0 Å². The molecule has 2 heterocycles. The highest BCUT2D eigenvalue weighted by molar-refractivity contribution is 6.30. The summed E-state index contributed by atoms with van der Waals surface area (Å²) in [4.78, 5) is 14.0. The summed E-state index contributed by atoms with van der Waals surface area (Å²) in [7, 11) is 3.59. The molecule has 2 aromatic heterocycles. The molecule has 0 aliphatic heterocycles. The second-order valence-corrected chi connectivity index (χ2v) is 6.61. The SMILES string of the molecule is Cc1cc(-c2nnc(CCC(=O)N(C)Cc3ccc(Cl)cc3)o2)n(C)n1. The van der Waals surface area contributed by atoms with Gasteiger partial charge in [0.25, 0.3) is 5.89 Å². The van der Waals surface area contributed by atoms with Crippen molar-refractivity contribution in [1.82, 2.24) is 24.9 Å². The molecule has 3 aromatic rings. The molecule has 0 spiro atoms. The molecule has 0 radical (unpaired) electrons. The van der Waals surface area contributed by atoms with E-state index < -0.39 is 0 Å². The summed E-state index contributed by atoms with van der Waals surface area (Å²) in [6, 6.07) is 9.32. The van der Waals surface area contributed by atoms with E-state index in [4.69, 9.17) is 16.0 Å². The van der Waals surface area contributed by atoms with E-state index in [2.05, 4.69) is 15.3 Å². The molecule has 1 aromatic carbocycles. The predicted molar refractivity (Wildman–Crippen MR) is 97.5 cm³/mol. The third-order valence-electron chi connectivity index (χ3n) is 4.00. The number of aryl methyl sites for hydroxylation is 3. The van der Waals surface area contributed by atoms with Gasteiger partial charge in [-0.05, 0) is 30.7 Å². The van der Waals surface area contributed by atoms with Crippen molar-refractivity contribution in [2.45, 2.75) is 26.3 Å². The van der Waals surface area contributed by atoms with Crippen LogP contribution < -0.4 is 0 Å². The molecule has 7 nitrogen and oxygen atoms in total. The van der Waals surface area contributed by atoms with Crippen molar-refractivity contribution in [2.24, 2.45) is 7.05 Å². The minimum absolute atomic E-state index is 0.0103. The van der Waals surface area contributed by atoms with Crippen LogP contribution >= 0.6 is 11.6 Å². The number of carbonyl (C=O) groups excluding carboxylic acids is 1. The van der Waals surface area contributed by atoms with Gasteiger partial charge < -0.3 is 9.32 Å². The van der Waals surface area contributed by atoms with Crippen LogP contribution in [0.3, 0.4) is 0 Å². The van der Waals surface area contributed by atoms with Gasteiger partial charge in [-0.15, -0.1) is 10.2 Å². The van der Waals surface area contributed by atoms with Crippen molar-refractivity contribution < 1.29 is 9.21 Å². The molecule has 0 saturated carbocycles. The zero-order chi connectivity index (χ0) is 18.7. The third kappa shape index (κ3) is 4.29. The maximum absolute atomic E-state index is 12.3. The Morgan fingerprint density at radius 2 is 2.00 bits per heavy atom. The van der Waals surface area contributed by atoms with Crippen LogP contribution in [0, 0.1) is 6.92 Å². The monoisotopic (exact) mass is 373 g/mol. The van der Waals surface area contributed by atoms with E-state index in [1.165, 1.54) is 0 Å². The molecular formula is C18H20ClN5O2. The Bertz CT molecular complexity index is 901. The maximum Gasteiger partial charge on any atom is 0.265 e. The van der Waals surface area contributed by atoms with Gasteiger partial charge in [0.2, 0.25) is 11.8 Å². The lowest BCUT2D eigenvalue weighted by Gasteiger charge is -2.16. The van der Waals surface area contributed by atoms with Crippen LogP contribution in [-0.2, 0) is 24.8 Å². The molecule has 26 heavy (non-hydrogen) atoms. The van der Waals surface area contributed by atoms with E-state index in [1.54, 1.807) is 16.6 Å². The van der Waals surface area contributed by atoms with Crippen LogP contribution in [0.4, 0.5) is 0 Å². The number of aromatic nitrogens is 4. The zero-order valence-corrected chi connectivity index (χ0v) is 15.7. The van der Waals surface area contributed by atoms with E-state index in [1.807, 2.05) is 44.3 Å². The third-order valence-corrected chi connectivity index (χ3v) is 4.25. The summed E-state index contributed by atoms with van der Waals surface area (Å²) in [5.74, 6) is 0.855. The first-order valence-corrected chi connectivity index (χ1v) is 8.62. The van der Waals surface area contributed by atoms with Crippen molar-refractivity contribution >= 4 is 17.5 Å². The highest BCUT2D eigenvalue weighted by Gasteiger charge is 2.15. The van der Waals surface area contributed by atoms with E-state index in [9.17, 15) is 4.79 Å². The van der Waals surface area contributed by atoms with Crippen LogP contribution in [-0.4, -0.2) is 37.8 Å². The first-order chi connectivity index (χ1) is 12.4. The molecule has 1 amide bonds. The van der Waals surface area contributed by atoms with Gasteiger partial charge in [-0.25, -0.2) is 0 Å². The van der Waals surface area contributed by atoms with Gasteiger partial charge in [-0.2, -0.15) is 5.10 Å². The summed E-state index contributed by atoms with van der Waals surface area (Å²) in [6.45, 7) is 2.43. The lowest BCUT2D eigenvalue weighted by atomic mass is 10.2. The fourth-order valence-corrected chi connectivity index (χ4v) is 2.75. The number of halogens is 1. The minimum atomic E-state index is 0.0103. The number of nitrogens with zero attached hydrogens (tertiary/aromatic N) is 5. The molecule has 0 bridgehead atoms. The Hall–Kier alpha value is -2.67. The first-order valence-electron chi connectivity index (χ1n) is 8.24. The fourth-order valence-electron chi connectivity index (χ4n) is 2.63. The minimum Gasteiger partial charge on any atom is -0.419 e. The number of amides is 1. The Morgan fingerprint density at radius 3 is 2.65 bits per heavy atom. The van der Waals surface area contributed by atoms with Crippen LogP contribution in [0.25, 0.3) is 11.6 Å². The highest BCUT2D eigenvalue weighted by atomic mass is 35.5. The van der Waals surface area contributed by atoms with E-state index in [0.717, 1.165) is 17.0 Å². The lowest BCUT2D eigenvalue weighted by Crippen LogP contribution is -2.26. The van der Waals surface area contributed by atoms with Crippen molar-refractivity contribution in [3.63, 3.8) is 0 Å². The molecule has 0 fully saturated rings. The fraction of sp³-hybridized carbons (Fsp3) is 0.333. The highest BCUT2D eigenvalue weighted by Crippen LogP contribution is 2.19. The number of rotatable bonds is 6.